The number of benzene rings is 3. The minimum atomic E-state index is -0.341. The topological polar surface area (TPSA) is 94.8 Å². The molecule has 0 saturated carbocycles. The lowest BCUT2D eigenvalue weighted by molar-refractivity contribution is -0.118. The third-order valence-electron chi connectivity index (χ3n) is 5.05. The van der Waals surface area contributed by atoms with Crippen LogP contribution in [-0.4, -0.2) is 35.5 Å². The van der Waals surface area contributed by atoms with Crippen LogP contribution in [0.4, 0.5) is 5.69 Å². The van der Waals surface area contributed by atoms with Crippen molar-refractivity contribution >= 4 is 72.2 Å². The molecule has 184 valence electrons. The van der Waals surface area contributed by atoms with Crippen molar-refractivity contribution in [2.75, 3.05) is 19.0 Å². The van der Waals surface area contributed by atoms with E-state index in [1.807, 2.05) is 6.07 Å². The monoisotopic (exact) mass is 632 g/mol. The summed E-state index contributed by atoms with van der Waals surface area (Å²) >= 11 is 12.7. The summed E-state index contributed by atoms with van der Waals surface area (Å²) < 4.78 is 13.7. The summed E-state index contributed by atoms with van der Waals surface area (Å²) in [4.78, 5) is 29.7. The summed E-state index contributed by atoms with van der Waals surface area (Å²) in [5, 5.41) is 8.11. The third-order valence-corrected chi connectivity index (χ3v) is 6.48. The molecule has 0 aliphatic carbocycles. The summed E-state index contributed by atoms with van der Waals surface area (Å²) in [6.45, 7) is 1.48. The Labute approximate surface area is 228 Å². The molecule has 1 N–H and O–H groups in total. The standard InChI is InChI=1S/C25H19Br2ClN4O4/c1-14-30-21-8-3-16(26)10-19(21)25(34)32(14)29-12-15-9-22(35-2)23(11-20(15)27)36-13-24(33)31-18-6-4-17(28)5-7-18/h3-12H,13H2,1-2H3,(H,31,33). The van der Waals surface area contributed by atoms with Gasteiger partial charge in [0.2, 0.25) is 0 Å². The van der Waals surface area contributed by atoms with Crippen LogP contribution >= 0.6 is 43.5 Å². The van der Waals surface area contributed by atoms with Gasteiger partial charge in [0.1, 0.15) is 5.82 Å². The van der Waals surface area contributed by atoms with E-state index in [1.54, 1.807) is 55.5 Å². The van der Waals surface area contributed by atoms with E-state index in [4.69, 9.17) is 21.1 Å². The molecule has 4 aromatic rings. The van der Waals surface area contributed by atoms with Gasteiger partial charge in [-0.1, -0.05) is 27.5 Å². The average molecular weight is 635 g/mol. The summed E-state index contributed by atoms with van der Waals surface area (Å²) in [5.74, 6) is 0.856. The van der Waals surface area contributed by atoms with E-state index in [0.29, 0.717) is 49.0 Å². The van der Waals surface area contributed by atoms with Gasteiger partial charge in [-0.15, -0.1) is 0 Å². The van der Waals surface area contributed by atoms with Gasteiger partial charge in [-0.05, 0) is 77.5 Å². The number of hydrogen-bond acceptors (Lipinski definition) is 6. The molecule has 0 spiro atoms. The molecule has 1 aromatic heterocycles. The number of carbonyl (C=O) groups excluding carboxylic acids is 1. The zero-order chi connectivity index (χ0) is 25.8. The Balaban J connectivity index is 1.54. The van der Waals surface area contributed by atoms with Gasteiger partial charge in [0, 0.05) is 25.2 Å². The predicted octanol–water partition coefficient (Wildman–Crippen LogP) is 5.79. The maximum absolute atomic E-state index is 13.0. The fourth-order valence-corrected chi connectivity index (χ4v) is 4.22. The fraction of sp³-hybridized carbons (Fsp3) is 0.120. The molecule has 0 fully saturated rings. The van der Waals surface area contributed by atoms with Crippen molar-refractivity contribution < 1.29 is 14.3 Å². The largest absolute Gasteiger partial charge is 0.493 e. The highest BCUT2D eigenvalue weighted by Crippen LogP contribution is 2.33. The van der Waals surface area contributed by atoms with Crippen molar-refractivity contribution in [3.05, 3.63) is 90.3 Å². The first-order valence-electron chi connectivity index (χ1n) is 10.5. The summed E-state index contributed by atoms with van der Waals surface area (Å²) in [7, 11) is 1.49. The summed E-state index contributed by atoms with van der Waals surface area (Å²) in [6, 6.07) is 15.4. The number of rotatable bonds is 7. The first-order valence-corrected chi connectivity index (χ1v) is 12.5. The lowest BCUT2D eigenvalue weighted by Crippen LogP contribution is -2.21. The number of ether oxygens (including phenoxy) is 2. The molecule has 3 aromatic carbocycles. The number of amides is 1. The van der Waals surface area contributed by atoms with Crippen molar-refractivity contribution in [2.45, 2.75) is 6.92 Å². The Kier molecular flexibility index (Phi) is 8.07. The zero-order valence-corrected chi connectivity index (χ0v) is 23.0. The van der Waals surface area contributed by atoms with Gasteiger partial charge >= 0.3 is 0 Å². The molecular weight excluding hydrogens is 616 g/mol. The Morgan fingerprint density at radius 1 is 1.14 bits per heavy atom. The molecule has 0 atom stereocenters. The first-order chi connectivity index (χ1) is 17.2. The highest BCUT2D eigenvalue weighted by atomic mass is 79.9. The van der Waals surface area contributed by atoms with Crippen LogP contribution in [0.2, 0.25) is 5.02 Å². The maximum atomic E-state index is 13.0. The van der Waals surface area contributed by atoms with Gasteiger partial charge in [-0.2, -0.15) is 9.78 Å². The van der Waals surface area contributed by atoms with E-state index in [1.165, 1.54) is 18.0 Å². The predicted molar refractivity (Wildman–Crippen MR) is 148 cm³/mol. The second-order valence-electron chi connectivity index (χ2n) is 7.55. The van der Waals surface area contributed by atoms with Gasteiger partial charge in [-0.3, -0.25) is 9.59 Å². The van der Waals surface area contributed by atoms with Gasteiger partial charge in [-0.25, -0.2) is 4.98 Å². The van der Waals surface area contributed by atoms with Crippen LogP contribution in [0.5, 0.6) is 11.5 Å². The second-order valence-corrected chi connectivity index (χ2v) is 9.76. The normalized spacial score (nSPS) is 11.1. The highest BCUT2D eigenvalue weighted by molar-refractivity contribution is 9.10. The van der Waals surface area contributed by atoms with Crippen LogP contribution in [0.1, 0.15) is 11.4 Å². The minimum Gasteiger partial charge on any atom is -0.493 e. The van der Waals surface area contributed by atoms with Crippen LogP contribution in [-0.2, 0) is 4.79 Å². The Hall–Kier alpha value is -3.21. The van der Waals surface area contributed by atoms with Gasteiger partial charge in [0.05, 0.1) is 24.2 Å². The van der Waals surface area contributed by atoms with Crippen molar-refractivity contribution in [3.8, 4) is 11.5 Å². The SMILES string of the molecule is COc1cc(C=Nn2c(C)nc3ccc(Br)cc3c2=O)c(Br)cc1OCC(=O)Nc1ccc(Cl)cc1. The Morgan fingerprint density at radius 2 is 1.89 bits per heavy atom. The first kappa shape index (κ1) is 25.9. The van der Waals surface area contributed by atoms with Crippen molar-refractivity contribution in [1.82, 2.24) is 9.66 Å². The third kappa shape index (κ3) is 5.95. The molecule has 1 amide bonds. The number of nitrogens with one attached hydrogen (secondary N) is 1. The van der Waals surface area contributed by atoms with Crippen LogP contribution in [0.25, 0.3) is 10.9 Å². The lowest BCUT2D eigenvalue weighted by atomic mass is 10.2. The number of aryl methyl sites for hydroxylation is 1. The molecule has 0 saturated heterocycles. The van der Waals surface area contributed by atoms with Gasteiger partial charge in [0.15, 0.2) is 18.1 Å². The molecule has 0 bridgehead atoms. The highest BCUT2D eigenvalue weighted by Gasteiger charge is 2.13. The molecule has 4 rings (SSSR count). The number of nitrogens with zero attached hydrogens (tertiary/aromatic N) is 3. The molecule has 0 aliphatic rings. The van der Waals surface area contributed by atoms with E-state index in [2.05, 4.69) is 47.3 Å². The van der Waals surface area contributed by atoms with Crippen LogP contribution in [0.3, 0.4) is 0 Å². The molecule has 0 radical (unpaired) electrons. The van der Waals surface area contributed by atoms with Gasteiger partial charge < -0.3 is 14.8 Å². The molecule has 8 nitrogen and oxygen atoms in total. The number of halogens is 3. The van der Waals surface area contributed by atoms with Crippen molar-refractivity contribution in [2.24, 2.45) is 5.10 Å². The molecule has 11 heteroatoms. The molecule has 1 heterocycles. The van der Waals surface area contributed by atoms with E-state index in [9.17, 15) is 9.59 Å². The van der Waals surface area contributed by atoms with Crippen LogP contribution in [0, 0.1) is 6.92 Å². The number of aromatic nitrogens is 2. The fourth-order valence-electron chi connectivity index (χ4n) is 3.31. The zero-order valence-electron chi connectivity index (χ0n) is 19.1. The molecule has 0 aliphatic heterocycles. The maximum Gasteiger partial charge on any atom is 0.282 e. The van der Waals surface area contributed by atoms with E-state index >= 15 is 0 Å². The average Bonchev–Trinajstić information content (AvgIpc) is 2.85. The van der Waals surface area contributed by atoms with Crippen LogP contribution in [0.15, 0.2) is 73.4 Å². The number of carbonyl (C=O) groups is 1. The number of methoxy groups -OCH3 is 1. The summed E-state index contributed by atoms with van der Waals surface area (Å²) in [5.41, 5.74) is 1.54. The van der Waals surface area contributed by atoms with Crippen molar-refractivity contribution in [3.63, 3.8) is 0 Å². The summed E-state index contributed by atoms with van der Waals surface area (Å²) in [6.07, 6.45) is 1.52. The minimum absolute atomic E-state index is 0.230. The number of anilines is 1. The number of fused-ring (bicyclic) bond motifs is 1. The van der Waals surface area contributed by atoms with Gasteiger partial charge in [0.25, 0.3) is 11.5 Å². The lowest BCUT2D eigenvalue weighted by Gasteiger charge is -2.13. The van der Waals surface area contributed by atoms with E-state index < -0.39 is 0 Å². The Morgan fingerprint density at radius 3 is 2.61 bits per heavy atom. The van der Waals surface area contributed by atoms with Crippen molar-refractivity contribution in [1.29, 1.82) is 0 Å². The Bertz CT molecular complexity index is 1540. The second kappa shape index (κ2) is 11.2. The number of hydrogen-bond donors (Lipinski definition) is 1. The smallest absolute Gasteiger partial charge is 0.282 e. The molecular formula is C25H19Br2ClN4O4. The quantitative estimate of drug-likeness (QED) is 0.260. The van der Waals surface area contributed by atoms with E-state index in [0.717, 1.165) is 4.47 Å². The molecule has 0 unspecified atom stereocenters. The van der Waals surface area contributed by atoms with E-state index in [-0.39, 0.29) is 18.1 Å². The molecule has 36 heavy (non-hydrogen) atoms. The van der Waals surface area contributed by atoms with Crippen LogP contribution < -0.4 is 20.3 Å².